The fourth-order valence-corrected chi connectivity index (χ4v) is 8.39. The van der Waals surface area contributed by atoms with Crippen LogP contribution in [0.2, 0.25) is 25.7 Å². The van der Waals surface area contributed by atoms with E-state index < -0.39 is 8.07 Å². The van der Waals surface area contributed by atoms with Gasteiger partial charge in [0.1, 0.15) is 0 Å². The summed E-state index contributed by atoms with van der Waals surface area (Å²) in [6, 6.07) is 1.58. The Morgan fingerprint density at radius 2 is 1.65 bits per heavy atom. The molecule has 4 aliphatic rings. The molecule has 17 heavy (non-hydrogen) atoms. The zero-order valence-electron chi connectivity index (χ0n) is 11.3. The zero-order chi connectivity index (χ0) is 11.8. The van der Waals surface area contributed by atoms with Crippen molar-refractivity contribution >= 4 is 8.07 Å². The van der Waals surface area contributed by atoms with Crippen LogP contribution in [0, 0.1) is 35.0 Å². The zero-order valence-corrected chi connectivity index (χ0v) is 12.3. The molecule has 0 bridgehead atoms. The Morgan fingerprint density at radius 3 is 2.35 bits per heavy atom. The lowest BCUT2D eigenvalue weighted by atomic mass is 9.76. The molecule has 0 nitrogen and oxygen atoms in total. The first kappa shape index (κ1) is 10.6. The quantitative estimate of drug-likeness (QED) is 0.501. The van der Waals surface area contributed by atoms with Gasteiger partial charge in [-0.2, -0.15) is 0 Å². The summed E-state index contributed by atoms with van der Waals surface area (Å²) < 4.78 is 0. The lowest BCUT2D eigenvalue weighted by Crippen LogP contribution is -2.30. The van der Waals surface area contributed by atoms with E-state index in [-0.39, 0.29) is 0 Å². The molecule has 0 heterocycles. The number of rotatable bonds is 2. The summed E-state index contributed by atoms with van der Waals surface area (Å²) in [5.74, 6) is 5.09. The number of hydrogen-bond donors (Lipinski definition) is 0. The largest absolute Gasteiger partial charge is 0.0882 e. The molecule has 0 N–H and O–H groups in total. The Balaban J connectivity index is 1.69. The van der Waals surface area contributed by atoms with Crippen molar-refractivity contribution in [2.24, 2.45) is 35.0 Å². The molecule has 0 spiro atoms. The molecule has 0 aromatic carbocycles. The van der Waals surface area contributed by atoms with Gasteiger partial charge in [-0.05, 0) is 47.8 Å². The average Bonchev–Trinajstić information content (AvgIpc) is 2.66. The Bertz CT molecular complexity index is 414. The second-order valence-electron chi connectivity index (χ2n) is 8.08. The highest BCUT2D eigenvalue weighted by Crippen LogP contribution is 2.82. The van der Waals surface area contributed by atoms with Crippen molar-refractivity contribution in [2.75, 3.05) is 0 Å². The van der Waals surface area contributed by atoms with E-state index in [4.69, 9.17) is 0 Å². The number of hydrogen-bond acceptors (Lipinski definition) is 0. The van der Waals surface area contributed by atoms with Crippen molar-refractivity contribution in [3.8, 4) is 0 Å². The van der Waals surface area contributed by atoms with Crippen molar-refractivity contribution in [1.29, 1.82) is 0 Å². The first-order valence-electron chi connectivity index (χ1n) is 7.37. The van der Waals surface area contributed by atoms with E-state index in [2.05, 4.69) is 43.9 Å². The number of allylic oxidation sites excluding steroid dienone is 4. The fraction of sp³-hybridized carbons (Fsp3) is 0.750. The van der Waals surface area contributed by atoms with Gasteiger partial charge in [0.25, 0.3) is 0 Å². The first-order valence-corrected chi connectivity index (χ1v) is 11.1. The van der Waals surface area contributed by atoms with Crippen LogP contribution in [0.4, 0.5) is 0 Å². The molecule has 5 unspecified atom stereocenters. The molecule has 1 heteroatoms. The van der Waals surface area contributed by atoms with Crippen LogP contribution in [0.3, 0.4) is 0 Å². The predicted molar refractivity (Wildman–Crippen MR) is 75.6 cm³/mol. The molecule has 0 amide bonds. The van der Waals surface area contributed by atoms with Crippen molar-refractivity contribution < 1.29 is 0 Å². The van der Waals surface area contributed by atoms with Crippen LogP contribution < -0.4 is 0 Å². The minimum absolute atomic E-state index is 0.770. The van der Waals surface area contributed by atoms with Gasteiger partial charge in [-0.3, -0.25) is 0 Å². The van der Waals surface area contributed by atoms with E-state index in [1.807, 2.05) is 0 Å². The monoisotopic (exact) mass is 244 g/mol. The maximum Gasteiger partial charge on any atom is 0.0448 e. The third-order valence-corrected chi connectivity index (χ3v) is 7.63. The minimum Gasteiger partial charge on any atom is -0.0882 e. The summed E-state index contributed by atoms with van der Waals surface area (Å²) in [6.45, 7) is 7.70. The van der Waals surface area contributed by atoms with E-state index in [1.54, 1.807) is 6.04 Å². The van der Waals surface area contributed by atoms with Gasteiger partial charge in [-0.1, -0.05) is 50.0 Å². The van der Waals surface area contributed by atoms with E-state index in [0.717, 1.165) is 35.0 Å². The molecule has 0 aromatic heterocycles. The van der Waals surface area contributed by atoms with Crippen molar-refractivity contribution in [3.05, 3.63) is 24.3 Å². The van der Waals surface area contributed by atoms with Gasteiger partial charge in [0.15, 0.2) is 0 Å². The maximum atomic E-state index is 2.62. The average molecular weight is 244 g/mol. The summed E-state index contributed by atoms with van der Waals surface area (Å²) in [5.41, 5.74) is 0.770. The summed E-state index contributed by atoms with van der Waals surface area (Å²) in [7, 11) is -0.921. The summed E-state index contributed by atoms with van der Waals surface area (Å²) in [5, 5.41) is 0. The molecule has 2 saturated carbocycles. The van der Waals surface area contributed by atoms with Gasteiger partial charge < -0.3 is 0 Å². The van der Waals surface area contributed by atoms with Crippen LogP contribution in [-0.4, -0.2) is 8.07 Å². The second kappa shape index (κ2) is 2.99. The molecule has 6 atom stereocenters. The Hall–Kier alpha value is -0.303. The van der Waals surface area contributed by atoms with Crippen LogP contribution in [-0.2, 0) is 0 Å². The third kappa shape index (κ3) is 1.19. The first-order chi connectivity index (χ1) is 8.04. The van der Waals surface area contributed by atoms with Gasteiger partial charge in [-0.15, -0.1) is 0 Å². The van der Waals surface area contributed by atoms with Crippen LogP contribution in [0.25, 0.3) is 0 Å². The highest BCUT2D eigenvalue weighted by Gasteiger charge is 2.77. The van der Waals surface area contributed by atoms with Gasteiger partial charge in [-0.25, -0.2) is 0 Å². The fourth-order valence-electron chi connectivity index (χ4n) is 5.84. The van der Waals surface area contributed by atoms with Gasteiger partial charge in [0, 0.05) is 8.07 Å². The number of fused-ring (bicyclic) bond motifs is 4. The van der Waals surface area contributed by atoms with Crippen molar-refractivity contribution in [1.82, 2.24) is 0 Å². The van der Waals surface area contributed by atoms with Crippen LogP contribution >= 0.6 is 0 Å². The molecule has 4 rings (SSSR count). The van der Waals surface area contributed by atoms with E-state index in [0.29, 0.717) is 0 Å². The van der Waals surface area contributed by atoms with Crippen molar-refractivity contribution in [3.63, 3.8) is 0 Å². The molecular formula is C16H24Si. The van der Waals surface area contributed by atoms with Crippen LogP contribution in [0.15, 0.2) is 24.3 Å². The van der Waals surface area contributed by atoms with Gasteiger partial charge in [0.05, 0.1) is 0 Å². The van der Waals surface area contributed by atoms with Crippen LogP contribution in [0.5, 0.6) is 0 Å². The Morgan fingerprint density at radius 1 is 1.00 bits per heavy atom. The predicted octanol–water partition coefficient (Wildman–Crippen LogP) is 4.34. The molecule has 4 aliphatic carbocycles. The van der Waals surface area contributed by atoms with Gasteiger partial charge in [0.2, 0.25) is 0 Å². The standard InChI is InChI=1S/C16H24Si/c1-17(2,3)10-16-13-8-9-14(16)15(16)12-7-5-4-6-11(12)13/h4-5,8-9,11-15H,6-7,10H2,1-3H3/t11?,12?,13?,14?,15?,16-/m1/s1. The molecular weight excluding hydrogens is 220 g/mol. The lowest BCUT2D eigenvalue weighted by molar-refractivity contribution is 0.263. The van der Waals surface area contributed by atoms with E-state index in [9.17, 15) is 0 Å². The molecule has 0 saturated heterocycles. The van der Waals surface area contributed by atoms with Gasteiger partial charge >= 0.3 is 0 Å². The molecule has 0 radical (unpaired) electrons. The highest BCUT2D eigenvalue weighted by atomic mass is 28.3. The third-order valence-electron chi connectivity index (χ3n) is 5.96. The van der Waals surface area contributed by atoms with Crippen molar-refractivity contribution in [2.45, 2.75) is 38.5 Å². The van der Waals surface area contributed by atoms with E-state index in [1.165, 1.54) is 12.8 Å². The second-order valence-corrected chi connectivity index (χ2v) is 13.6. The summed E-state index contributed by atoms with van der Waals surface area (Å²) in [4.78, 5) is 0. The Kier molecular flexibility index (Phi) is 1.86. The Labute approximate surface area is 106 Å². The normalized spacial score (nSPS) is 53.7. The maximum absolute atomic E-state index is 2.62. The van der Waals surface area contributed by atoms with E-state index >= 15 is 0 Å². The summed E-state index contributed by atoms with van der Waals surface area (Å²) >= 11 is 0. The SMILES string of the molecule is C[Si](C)(C)C[C@@]12C3C=CC1C2C1CC=CCC13. The molecule has 92 valence electrons. The topological polar surface area (TPSA) is 0 Å². The highest BCUT2D eigenvalue weighted by molar-refractivity contribution is 6.76. The lowest BCUT2D eigenvalue weighted by Gasteiger charge is -2.31. The minimum atomic E-state index is -0.921. The summed E-state index contributed by atoms with van der Waals surface area (Å²) in [6.07, 6.45) is 12.9. The van der Waals surface area contributed by atoms with Crippen LogP contribution in [0.1, 0.15) is 12.8 Å². The molecule has 0 aromatic rings. The smallest absolute Gasteiger partial charge is 0.0448 e. The molecule has 0 aliphatic heterocycles. The molecule has 2 fully saturated rings.